The summed E-state index contributed by atoms with van der Waals surface area (Å²) in [6.45, 7) is 1.81. The van der Waals surface area contributed by atoms with Gasteiger partial charge in [0.05, 0.1) is 0 Å². The second-order valence-corrected chi connectivity index (χ2v) is 5.54. The third-order valence-corrected chi connectivity index (χ3v) is 3.35. The SMILES string of the molecule is CC(=O)Nc1ccc(/C=C/C(=O)NCc2ccc(NC(N)=O)cc2)cc1. The lowest BCUT2D eigenvalue weighted by atomic mass is 10.2. The van der Waals surface area contributed by atoms with E-state index < -0.39 is 6.03 Å². The number of hydrogen-bond donors (Lipinski definition) is 4. The Kier molecular flexibility index (Phi) is 6.50. The smallest absolute Gasteiger partial charge is 0.316 e. The lowest BCUT2D eigenvalue weighted by Crippen LogP contribution is -2.20. The number of benzene rings is 2. The zero-order chi connectivity index (χ0) is 18.9. The van der Waals surface area contributed by atoms with Crippen LogP contribution in [-0.2, 0) is 16.1 Å². The van der Waals surface area contributed by atoms with E-state index in [1.54, 1.807) is 54.6 Å². The minimum Gasteiger partial charge on any atom is -0.351 e. The monoisotopic (exact) mass is 352 g/mol. The summed E-state index contributed by atoms with van der Waals surface area (Å²) in [4.78, 5) is 33.6. The number of hydrogen-bond acceptors (Lipinski definition) is 3. The number of nitrogens with one attached hydrogen (secondary N) is 3. The Labute approximate surface area is 151 Å². The number of carbonyl (C=O) groups excluding carboxylic acids is 3. The van der Waals surface area contributed by atoms with Gasteiger partial charge in [-0.1, -0.05) is 24.3 Å². The zero-order valence-corrected chi connectivity index (χ0v) is 14.3. The molecule has 0 aromatic heterocycles. The normalized spacial score (nSPS) is 10.3. The minimum atomic E-state index is -0.624. The Balaban J connectivity index is 1.83. The molecule has 134 valence electrons. The first-order valence-corrected chi connectivity index (χ1v) is 7.91. The molecule has 0 unspecified atom stereocenters. The van der Waals surface area contributed by atoms with E-state index in [4.69, 9.17) is 5.73 Å². The maximum absolute atomic E-state index is 11.9. The fraction of sp³-hybridized carbons (Fsp3) is 0.105. The number of rotatable bonds is 6. The average Bonchev–Trinajstić information content (AvgIpc) is 2.59. The molecule has 7 heteroatoms. The van der Waals surface area contributed by atoms with Gasteiger partial charge in [-0.2, -0.15) is 0 Å². The Morgan fingerprint density at radius 3 is 2.08 bits per heavy atom. The van der Waals surface area contributed by atoms with Gasteiger partial charge in [-0.3, -0.25) is 9.59 Å². The molecule has 0 bridgehead atoms. The van der Waals surface area contributed by atoms with E-state index in [-0.39, 0.29) is 11.8 Å². The number of amides is 4. The summed E-state index contributed by atoms with van der Waals surface area (Å²) in [6, 6.07) is 13.5. The van der Waals surface area contributed by atoms with Gasteiger partial charge in [0, 0.05) is 30.9 Å². The Morgan fingerprint density at radius 1 is 0.923 bits per heavy atom. The summed E-state index contributed by atoms with van der Waals surface area (Å²) in [7, 11) is 0. The van der Waals surface area contributed by atoms with Gasteiger partial charge in [0.15, 0.2) is 0 Å². The van der Waals surface area contributed by atoms with Crippen molar-refractivity contribution in [3.8, 4) is 0 Å². The van der Waals surface area contributed by atoms with Gasteiger partial charge in [0.1, 0.15) is 0 Å². The van der Waals surface area contributed by atoms with Gasteiger partial charge in [-0.25, -0.2) is 4.79 Å². The summed E-state index contributed by atoms with van der Waals surface area (Å²) in [5.41, 5.74) is 8.07. The highest BCUT2D eigenvalue weighted by Gasteiger charge is 2.00. The molecule has 5 N–H and O–H groups in total. The summed E-state index contributed by atoms with van der Waals surface area (Å²) in [6.07, 6.45) is 3.13. The number of carbonyl (C=O) groups is 3. The zero-order valence-electron chi connectivity index (χ0n) is 14.3. The molecule has 0 heterocycles. The quantitative estimate of drug-likeness (QED) is 0.599. The highest BCUT2D eigenvalue weighted by atomic mass is 16.2. The molecule has 7 nitrogen and oxygen atoms in total. The largest absolute Gasteiger partial charge is 0.351 e. The Morgan fingerprint density at radius 2 is 1.50 bits per heavy atom. The van der Waals surface area contributed by atoms with E-state index in [0.29, 0.717) is 17.9 Å². The molecule has 0 saturated carbocycles. The van der Waals surface area contributed by atoms with Crippen LogP contribution < -0.4 is 21.7 Å². The predicted octanol–water partition coefficient (Wildman–Crippen LogP) is 2.47. The highest BCUT2D eigenvalue weighted by molar-refractivity contribution is 5.92. The van der Waals surface area contributed by atoms with Crippen molar-refractivity contribution in [2.75, 3.05) is 10.6 Å². The average molecular weight is 352 g/mol. The third-order valence-electron chi connectivity index (χ3n) is 3.35. The standard InChI is InChI=1S/C19H20N4O3/c1-13(24)22-16-7-2-14(3-8-16)6-11-18(25)21-12-15-4-9-17(10-5-15)23-19(20)26/h2-11H,12H2,1H3,(H,21,25)(H,22,24)(H3,20,23,26)/b11-6+. The van der Waals surface area contributed by atoms with Crippen LogP contribution in [-0.4, -0.2) is 17.8 Å². The Bertz CT molecular complexity index is 812. The van der Waals surface area contributed by atoms with Crippen molar-refractivity contribution < 1.29 is 14.4 Å². The van der Waals surface area contributed by atoms with Gasteiger partial charge in [-0.05, 0) is 41.5 Å². The van der Waals surface area contributed by atoms with Crippen LogP contribution in [0, 0.1) is 0 Å². The van der Waals surface area contributed by atoms with Crippen molar-refractivity contribution >= 4 is 35.3 Å². The van der Waals surface area contributed by atoms with Crippen molar-refractivity contribution in [1.29, 1.82) is 0 Å². The second kappa shape index (κ2) is 9.03. The molecule has 0 spiro atoms. The molecule has 2 aromatic carbocycles. The molecule has 0 radical (unpaired) electrons. The molecule has 2 rings (SSSR count). The van der Waals surface area contributed by atoms with Crippen molar-refractivity contribution in [3.05, 3.63) is 65.7 Å². The lowest BCUT2D eigenvalue weighted by Gasteiger charge is -2.05. The maximum atomic E-state index is 11.9. The summed E-state index contributed by atoms with van der Waals surface area (Å²) in [5.74, 6) is -0.360. The van der Waals surface area contributed by atoms with Gasteiger partial charge in [-0.15, -0.1) is 0 Å². The molecule has 0 aliphatic heterocycles. The highest BCUT2D eigenvalue weighted by Crippen LogP contribution is 2.11. The third kappa shape index (κ3) is 6.48. The van der Waals surface area contributed by atoms with Gasteiger partial charge in [0.25, 0.3) is 0 Å². The molecular formula is C19H20N4O3. The van der Waals surface area contributed by atoms with Gasteiger partial charge in [0.2, 0.25) is 11.8 Å². The van der Waals surface area contributed by atoms with Crippen LogP contribution in [0.5, 0.6) is 0 Å². The number of urea groups is 1. The van der Waals surface area contributed by atoms with Crippen molar-refractivity contribution in [1.82, 2.24) is 5.32 Å². The fourth-order valence-electron chi connectivity index (χ4n) is 2.15. The van der Waals surface area contributed by atoms with Crippen LogP contribution in [0.2, 0.25) is 0 Å². The molecule has 26 heavy (non-hydrogen) atoms. The molecule has 0 fully saturated rings. The molecule has 0 atom stereocenters. The summed E-state index contributed by atoms with van der Waals surface area (Å²) < 4.78 is 0. The van der Waals surface area contributed by atoms with Crippen LogP contribution in [0.1, 0.15) is 18.1 Å². The molecular weight excluding hydrogens is 332 g/mol. The van der Waals surface area contributed by atoms with E-state index in [1.807, 2.05) is 0 Å². The summed E-state index contributed by atoms with van der Waals surface area (Å²) in [5, 5.41) is 7.92. The van der Waals surface area contributed by atoms with E-state index >= 15 is 0 Å². The summed E-state index contributed by atoms with van der Waals surface area (Å²) >= 11 is 0. The fourth-order valence-corrected chi connectivity index (χ4v) is 2.15. The first-order chi connectivity index (χ1) is 12.4. The van der Waals surface area contributed by atoms with E-state index in [1.165, 1.54) is 13.0 Å². The Hall–Kier alpha value is -3.61. The topological polar surface area (TPSA) is 113 Å². The maximum Gasteiger partial charge on any atom is 0.316 e. The molecule has 0 saturated heterocycles. The number of primary amides is 1. The molecule has 4 amide bonds. The molecule has 2 aromatic rings. The first-order valence-electron chi connectivity index (χ1n) is 7.91. The van der Waals surface area contributed by atoms with E-state index in [0.717, 1.165) is 11.1 Å². The predicted molar refractivity (Wildman–Crippen MR) is 101 cm³/mol. The minimum absolute atomic E-state index is 0.133. The van der Waals surface area contributed by atoms with Gasteiger partial charge >= 0.3 is 6.03 Å². The number of nitrogens with two attached hydrogens (primary N) is 1. The number of anilines is 2. The van der Waals surface area contributed by atoms with E-state index in [2.05, 4.69) is 16.0 Å². The van der Waals surface area contributed by atoms with Crippen LogP contribution in [0.4, 0.5) is 16.2 Å². The molecule has 0 aliphatic rings. The lowest BCUT2D eigenvalue weighted by molar-refractivity contribution is -0.116. The van der Waals surface area contributed by atoms with Gasteiger partial charge < -0.3 is 21.7 Å². The second-order valence-electron chi connectivity index (χ2n) is 5.54. The first kappa shape index (κ1) is 18.7. The van der Waals surface area contributed by atoms with Crippen molar-refractivity contribution in [2.45, 2.75) is 13.5 Å². The van der Waals surface area contributed by atoms with E-state index in [9.17, 15) is 14.4 Å². The van der Waals surface area contributed by atoms with Crippen LogP contribution in [0.3, 0.4) is 0 Å². The van der Waals surface area contributed by atoms with Crippen molar-refractivity contribution in [3.63, 3.8) is 0 Å². The van der Waals surface area contributed by atoms with Crippen LogP contribution in [0.15, 0.2) is 54.6 Å². The van der Waals surface area contributed by atoms with Crippen LogP contribution >= 0.6 is 0 Å². The van der Waals surface area contributed by atoms with Crippen molar-refractivity contribution in [2.24, 2.45) is 5.73 Å². The molecule has 0 aliphatic carbocycles. The van der Waals surface area contributed by atoms with Crippen LogP contribution in [0.25, 0.3) is 6.08 Å².